The van der Waals surface area contributed by atoms with Crippen LogP contribution in [-0.2, 0) is 0 Å². The van der Waals surface area contributed by atoms with Crippen LogP contribution in [0, 0.1) is 11.5 Å². The molecule has 4 nitrogen and oxygen atoms in total. The molecule has 1 atom stereocenters. The Balaban J connectivity index is 2.36. The van der Waals surface area contributed by atoms with E-state index in [1.165, 1.54) is 32.1 Å². The van der Waals surface area contributed by atoms with Gasteiger partial charge in [-0.2, -0.15) is 10.4 Å². The summed E-state index contributed by atoms with van der Waals surface area (Å²) in [6, 6.07) is 0. The molecule has 1 heterocycles. The molecule has 0 saturated carbocycles. The van der Waals surface area contributed by atoms with Crippen molar-refractivity contribution in [3.8, 4) is 6.19 Å². The third-order valence-electron chi connectivity index (χ3n) is 3.16. The Morgan fingerprint density at radius 1 is 1.18 bits per heavy atom. The van der Waals surface area contributed by atoms with E-state index in [4.69, 9.17) is 5.26 Å². The predicted molar refractivity (Wildman–Crippen MR) is 70.1 cm³/mol. The molecule has 0 spiro atoms. The molecule has 0 N–H and O–H groups in total. The number of nitrogens with zero attached hydrogens (tertiary/aromatic N) is 4. The van der Waals surface area contributed by atoms with Crippen molar-refractivity contribution in [3.63, 3.8) is 0 Å². The van der Waals surface area contributed by atoms with Gasteiger partial charge in [-0.25, -0.2) is 4.90 Å². The van der Waals surface area contributed by atoms with Crippen LogP contribution in [0.4, 0.5) is 0 Å². The third-order valence-corrected chi connectivity index (χ3v) is 3.16. The number of nitriles is 1. The molecule has 0 radical (unpaired) electrons. The zero-order chi connectivity index (χ0) is 12.5. The molecule has 0 aromatic heterocycles. The molecule has 1 aliphatic rings. The van der Waals surface area contributed by atoms with Crippen LogP contribution < -0.4 is 0 Å². The normalized spacial score (nSPS) is 18.8. The van der Waals surface area contributed by atoms with Gasteiger partial charge in [0.15, 0.2) is 6.19 Å². The Hall–Kier alpha value is -1.24. The summed E-state index contributed by atoms with van der Waals surface area (Å²) in [7, 11) is 0. The average Bonchev–Trinajstić information content (AvgIpc) is 2.74. The highest BCUT2D eigenvalue weighted by atomic mass is 15.6. The largest absolute Gasteiger partial charge is 0.272 e. The Morgan fingerprint density at radius 3 is 2.59 bits per heavy atom. The predicted octanol–water partition coefficient (Wildman–Crippen LogP) is 3.12. The molecular formula is C13H24N4. The van der Waals surface area contributed by atoms with Crippen LogP contribution in [0.3, 0.4) is 0 Å². The standard InChI is InChI=1S/C13H24N4/c1-3-5-7-8-10-17-13(9-6-4-2)16(11-14)12-15-17/h12-13H,3-10H2,1-2H3. The number of hydrogen-bond donors (Lipinski definition) is 0. The van der Waals surface area contributed by atoms with Crippen molar-refractivity contribution in [2.45, 2.75) is 65.0 Å². The Kier molecular flexibility index (Phi) is 6.46. The summed E-state index contributed by atoms with van der Waals surface area (Å²) < 4.78 is 0. The van der Waals surface area contributed by atoms with Gasteiger partial charge in [0.1, 0.15) is 12.5 Å². The van der Waals surface area contributed by atoms with E-state index in [0.29, 0.717) is 0 Å². The molecule has 1 rings (SSSR count). The highest BCUT2D eigenvalue weighted by Crippen LogP contribution is 2.18. The van der Waals surface area contributed by atoms with Crippen LogP contribution in [0.2, 0.25) is 0 Å². The minimum absolute atomic E-state index is 0.168. The summed E-state index contributed by atoms with van der Waals surface area (Å²) in [5, 5.41) is 15.4. The molecular weight excluding hydrogens is 212 g/mol. The lowest BCUT2D eigenvalue weighted by molar-refractivity contribution is 0.146. The van der Waals surface area contributed by atoms with Crippen molar-refractivity contribution in [1.82, 2.24) is 9.91 Å². The Bertz CT molecular complexity index is 269. The smallest absolute Gasteiger partial charge is 0.187 e. The molecule has 96 valence electrons. The second kappa shape index (κ2) is 7.94. The molecule has 0 aromatic carbocycles. The minimum atomic E-state index is 0.168. The molecule has 0 amide bonds. The van der Waals surface area contributed by atoms with E-state index in [0.717, 1.165) is 19.4 Å². The van der Waals surface area contributed by atoms with E-state index < -0.39 is 0 Å². The van der Waals surface area contributed by atoms with Crippen LogP contribution >= 0.6 is 0 Å². The molecule has 1 aliphatic heterocycles. The fourth-order valence-corrected chi connectivity index (χ4v) is 2.09. The SMILES string of the molecule is CCCCCCN1N=CN(C#N)C1CCCC. The summed E-state index contributed by atoms with van der Waals surface area (Å²) >= 11 is 0. The first-order valence-corrected chi connectivity index (χ1v) is 6.82. The van der Waals surface area contributed by atoms with Crippen molar-refractivity contribution >= 4 is 6.34 Å². The molecule has 0 fully saturated rings. The lowest BCUT2D eigenvalue weighted by Crippen LogP contribution is -2.37. The van der Waals surface area contributed by atoms with Crippen LogP contribution in [-0.4, -0.2) is 29.0 Å². The van der Waals surface area contributed by atoms with E-state index in [-0.39, 0.29) is 6.17 Å². The zero-order valence-corrected chi connectivity index (χ0v) is 11.1. The van der Waals surface area contributed by atoms with Crippen LogP contribution in [0.25, 0.3) is 0 Å². The first kappa shape index (κ1) is 13.8. The fraction of sp³-hybridized carbons (Fsp3) is 0.846. The lowest BCUT2D eigenvalue weighted by atomic mass is 10.1. The quantitative estimate of drug-likeness (QED) is 0.480. The van der Waals surface area contributed by atoms with Crippen LogP contribution in [0.1, 0.15) is 58.8 Å². The van der Waals surface area contributed by atoms with E-state index in [2.05, 4.69) is 30.2 Å². The van der Waals surface area contributed by atoms with Gasteiger partial charge in [0, 0.05) is 6.54 Å². The average molecular weight is 236 g/mol. The maximum Gasteiger partial charge on any atom is 0.187 e. The molecule has 17 heavy (non-hydrogen) atoms. The number of hydrogen-bond acceptors (Lipinski definition) is 4. The topological polar surface area (TPSA) is 42.6 Å². The van der Waals surface area contributed by atoms with Crippen molar-refractivity contribution < 1.29 is 0 Å². The van der Waals surface area contributed by atoms with Gasteiger partial charge < -0.3 is 0 Å². The van der Waals surface area contributed by atoms with Crippen molar-refractivity contribution in [3.05, 3.63) is 0 Å². The van der Waals surface area contributed by atoms with Gasteiger partial charge in [0.05, 0.1) is 0 Å². The van der Waals surface area contributed by atoms with Crippen molar-refractivity contribution in [2.24, 2.45) is 5.10 Å². The first-order chi connectivity index (χ1) is 8.33. The zero-order valence-electron chi connectivity index (χ0n) is 11.1. The Labute approximate surface area is 105 Å². The molecule has 0 aliphatic carbocycles. The molecule has 4 heteroatoms. The van der Waals surface area contributed by atoms with E-state index in [9.17, 15) is 0 Å². The van der Waals surface area contributed by atoms with E-state index >= 15 is 0 Å². The second-order valence-corrected chi connectivity index (χ2v) is 4.58. The number of rotatable bonds is 8. The van der Waals surface area contributed by atoms with Crippen molar-refractivity contribution in [2.75, 3.05) is 6.54 Å². The van der Waals surface area contributed by atoms with E-state index in [1.54, 1.807) is 11.2 Å². The molecule has 1 unspecified atom stereocenters. The maximum atomic E-state index is 9.02. The number of unbranched alkanes of at least 4 members (excludes halogenated alkanes) is 4. The van der Waals surface area contributed by atoms with Gasteiger partial charge in [0.25, 0.3) is 0 Å². The maximum absolute atomic E-state index is 9.02. The third kappa shape index (κ3) is 4.26. The summed E-state index contributed by atoms with van der Waals surface area (Å²) in [4.78, 5) is 1.68. The monoisotopic (exact) mass is 236 g/mol. The minimum Gasteiger partial charge on any atom is -0.272 e. The van der Waals surface area contributed by atoms with Crippen LogP contribution in [0.15, 0.2) is 5.10 Å². The fourth-order valence-electron chi connectivity index (χ4n) is 2.09. The summed E-state index contributed by atoms with van der Waals surface area (Å²) in [5.41, 5.74) is 0. The van der Waals surface area contributed by atoms with Gasteiger partial charge in [-0.15, -0.1) is 0 Å². The van der Waals surface area contributed by atoms with Gasteiger partial charge >= 0.3 is 0 Å². The van der Waals surface area contributed by atoms with Crippen molar-refractivity contribution in [1.29, 1.82) is 5.26 Å². The Morgan fingerprint density at radius 2 is 1.94 bits per heavy atom. The number of hydrazone groups is 1. The van der Waals surface area contributed by atoms with Gasteiger partial charge in [-0.05, 0) is 19.3 Å². The summed E-state index contributed by atoms with van der Waals surface area (Å²) in [6.45, 7) is 5.37. The molecule has 0 bridgehead atoms. The lowest BCUT2D eigenvalue weighted by Gasteiger charge is -2.26. The molecule has 0 aromatic rings. The molecule has 0 saturated heterocycles. The summed E-state index contributed by atoms with van der Waals surface area (Å²) in [6.07, 6.45) is 12.4. The van der Waals surface area contributed by atoms with E-state index in [1.807, 2.05) is 0 Å². The highest BCUT2D eigenvalue weighted by molar-refractivity contribution is 5.59. The summed E-state index contributed by atoms with van der Waals surface area (Å²) in [5.74, 6) is 0. The van der Waals surface area contributed by atoms with Gasteiger partial charge in [-0.3, -0.25) is 5.01 Å². The van der Waals surface area contributed by atoms with Gasteiger partial charge in [-0.1, -0.05) is 39.5 Å². The first-order valence-electron chi connectivity index (χ1n) is 6.82. The van der Waals surface area contributed by atoms with Gasteiger partial charge in [0.2, 0.25) is 0 Å². The highest BCUT2D eigenvalue weighted by Gasteiger charge is 2.26. The second-order valence-electron chi connectivity index (χ2n) is 4.58. The van der Waals surface area contributed by atoms with Crippen LogP contribution in [0.5, 0.6) is 0 Å².